The SMILES string of the molecule is COc1ccc(C(=O)OCC(=O)NCCc2ccc(OC(F)F)cc2)cc1. The number of alkyl halides is 2. The molecule has 0 saturated heterocycles. The lowest BCUT2D eigenvalue weighted by Gasteiger charge is -2.08. The van der Waals surface area contributed by atoms with E-state index in [1.54, 1.807) is 36.4 Å². The summed E-state index contributed by atoms with van der Waals surface area (Å²) in [5.74, 6) is -0.363. The monoisotopic (exact) mass is 379 g/mol. The predicted molar refractivity (Wildman–Crippen MR) is 93.1 cm³/mol. The molecule has 0 unspecified atom stereocenters. The molecule has 8 heteroatoms. The van der Waals surface area contributed by atoms with Crippen LogP contribution in [0.5, 0.6) is 11.5 Å². The number of ether oxygens (including phenoxy) is 3. The second-order valence-corrected chi connectivity index (χ2v) is 5.43. The van der Waals surface area contributed by atoms with Crippen LogP contribution in [0.3, 0.4) is 0 Å². The van der Waals surface area contributed by atoms with Gasteiger partial charge >= 0.3 is 12.6 Å². The fourth-order valence-corrected chi connectivity index (χ4v) is 2.18. The van der Waals surface area contributed by atoms with E-state index in [4.69, 9.17) is 9.47 Å². The van der Waals surface area contributed by atoms with E-state index in [2.05, 4.69) is 10.1 Å². The summed E-state index contributed by atoms with van der Waals surface area (Å²) in [5.41, 5.74) is 1.15. The molecule has 0 bridgehead atoms. The fourth-order valence-electron chi connectivity index (χ4n) is 2.18. The molecule has 1 N–H and O–H groups in total. The molecule has 0 radical (unpaired) electrons. The molecule has 0 saturated carbocycles. The Hall–Kier alpha value is -3.16. The number of carbonyl (C=O) groups is 2. The quantitative estimate of drug-likeness (QED) is 0.679. The van der Waals surface area contributed by atoms with Gasteiger partial charge in [0.15, 0.2) is 6.61 Å². The molecule has 0 fully saturated rings. The van der Waals surface area contributed by atoms with Crippen LogP contribution >= 0.6 is 0 Å². The van der Waals surface area contributed by atoms with Crippen molar-refractivity contribution in [2.45, 2.75) is 13.0 Å². The number of amides is 1. The molecule has 0 atom stereocenters. The second-order valence-electron chi connectivity index (χ2n) is 5.43. The van der Waals surface area contributed by atoms with Crippen LogP contribution in [0.1, 0.15) is 15.9 Å². The number of rotatable bonds is 9. The summed E-state index contributed by atoms with van der Waals surface area (Å²) in [6.07, 6.45) is 0.493. The molecule has 0 aliphatic heterocycles. The highest BCUT2D eigenvalue weighted by Gasteiger charge is 2.10. The number of carbonyl (C=O) groups excluding carboxylic acids is 2. The smallest absolute Gasteiger partial charge is 0.387 e. The van der Waals surface area contributed by atoms with Gasteiger partial charge in [0, 0.05) is 6.54 Å². The molecule has 0 aliphatic carbocycles. The first-order valence-electron chi connectivity index (χ1n) is 8.09. The summed E-state index contributed by atoms with van der Waals surface area (Å²) in [7, 11) is 1.52. The first kappa shape index (κ1) is 20.2. The van der Waals surface area contributed by atoms with Gasteiger partial charge in [-0.3, -0.25) is 4.79 Å². The Labute approximate surface area is 155 Å². The van der Waals surface area contributed by atoms with Crippen molar-refractivity contribution in [1.29, 1.82) is 0 Å². The Morgan fingerprint density at radius 1 is 1.00 bits per heavy atom. The number of nitrogens with one attached hydrogen (secondary N) is 1. The van der Waals surface area contributed by atoms with Crippen LogP contribution in [0.25, 0.3) is 0 Å². The Morgan fingerprint density at radius 2 is 1.63 bits per heavy atom. The Balaban J connectivity index is 1.69. The summed E-state index contributed by atoms with van der Waals surface area (Å²) in [4.78, 5) is 23.6. The van der Waals surface area contributed by atoms with E-state index in [1.165, 1.54) is 19.2 Å². The van der Waals surface area contributed by atoms with E-state index in [0.717, 1.165) is 5.56 Å². The number of methoxy groups -OCH3 is 1. The average molecular weight is 379 g/mol. The van der Waals surface area contributed by atoms with Crippen molar-refractivity contribution in [3.63, 3.8) is 0 Å². The lowest BCUT2D eigenvalue weighted by molar-refractivity contribution is -0.124. The maximum absolute atomic E-state index is 12.1. The van der Waals surface area contributed by atoms with Crippen molar-refractivity contribution in [2.75, 3.05) is 20.3 Å². The maximum Gasteiger partial charge on any atom is 0.387 e. The topological polar surface area (TPSA) is 73.9 Å². The molecule has 0 aromatic heterocycles. The maximum atomic E-state index is 12.1. The van der Waals surface area contributed by atoms with Crippen LogP contribution in [-0.2, 0) is 16.0 Å². The molecule has 2 rings (SSSR count). The zero-order chi connectivity index (χ0) is 19.6. The molecule has 0 spiro atoms. The third-order valence-electron chi connectivity index (χ3n) is 3.54. The highest BCUT2D eigenvalue weighted by atomic mass is 19.3. The first-order valence-corrected chi connectivity index (χ1v) is 8.09. The van der Waals surface area contributed by atoms with E-state index in [0.29, 0.717) is 24.3 Å². The molecule has 2 aromatic rings. The van der Waals surface area contributed by atoms with Gasteiger partial charge in [-0.2, -0.15) is 8.78 Å². The van der Waals surface area contributed by atoms with Crippen molar-refractivity contribution in [3.05, 3.63) is 59.7 Å². The number of hydrogen-bond acceptors (Lipinski definition) is 5. The van der Waals surface area contributed by atoms with Crippen LogP contribution in [0.15, 0.2) is 48.5 Å². The highest BCUT2D eigenvalue weighted by molar-refractivity contribution is 5.91. The number of hydrogen-bond donors (Lipinski definition) is 1. The van der Waals surface area contributed by atoms with E-state index in [-0.39, 0.29) is 5.75 Å². The molecule has 0 aliphatic rings. The van der Waals surface area contributed by atoms with Crippen molar-refractivity contribution < 1.29 is 32.6 Å². The molecule has 0 heterocycles. The van der Waals surface area contributed by atoms with E-state index < -0.39 is 25.1 Å². The largest absolute Gasteiger partial charge is 0.497 e. The molecular formula is C19H19F2NO5. The van der Waals surface area contributed by atoms with Gasteiger partial charge in [0.25, 0.3) is 5.91 Å². The van der Waals surface area contributed by atoms with Crippen LogP contribution in [0.4, 0.5) is 8.78 Å². The predicted octanol–water partition coefficient (Wildman–Crippen LogP) is 2.81. The van der Waals surface area contributed by atoms with Crippen LogP contribution in [0, 0.1) is 0 Å². The third kappa shape index (κ3) is 6.93. The van der Waals surface area contributed by atoms with Crippen LogP contribution < -0.4 is 14.8 Å². The molecule has 144 valence electrons. The molecule has 1 amide bonds. The first-order chi connectivity index (χ1) is 13.0. The summed E-state index contributed by atoms with van der Waals surface area (Å²) in [5, 5.41) is 2.62. The van der Waals surface area contributed by atoms with Crippen LogP contribution in [0.2, 0.25) is 0 Å². The van der Waals surface area contributed by atoms with Crippen molar-refractivity contribution in [3.8, 4) is 11.5 Å². The molecule has 27 heavy (non-hydrogen) atoms. The number of halogens is 2. The summed E-state index contributed by atoms with van der Waals surface area (Å²) >= 11 is 0. The molecule has 6 nitrogen and oxygen atoms in total. The molecular weight excluding hydrogens is 360 g/mol. The Kier molecular flexibility index (Phi) is 7.54. The highest BCUT2D eigenvalue weighted by Crippen LogP contribution is 2.15. The second kappa shape index (κ2) is 10.1. The van der Waals surface area contributed by atoms with Gasteiger partial charge in [0.2, 0.25) is 0 Å². The standard InChI is InChI=1S/C19H19F2NO5/c1-25-15-8-4-14(5-9-15)18(24)26-12-17(23)22-11-10-13-2-6-16(7-3-13)27-19(20)21/h2-9,19H,10-12H2,1H3,(H,22,23). The van der Waals surface area contributed by atoms with E-state index in [9.17, 15) is 18.4 Å². The summed E-state index contributed by atoms with van der Waals surface area (Å²) in [6, 6.07) is 12.4. The third-order valence-corrected chi connectivity index (χ3v) is 3.54. The minimum Gasteiger partial charge on any atom is -0.497 e. The number of benzene rings is 2. The minimum absolute atomic E-state index is 0.0724. The van der Waals surface area contributed by atoms with Gasteiger partial charge in [-0.15, -0.1) is 0 Å². The zero-order valence-corrected chi connectivity index (χ0v) is 14.6. The fraction of sp³-hybridized carbons (Fsp3) is 0.263. The van der Waals surface area contributed by atoms with Crippen molar-refractivity contribution >= 4 is 11.9 Å². The lowest BCUT2D eigenvalue weighted by atomic mass is 10.1. The van der Waals surface area contributed by atoms with Crippen LogP contribution in [-0.4, -0.2) is 38.7 Å². The van der Waals surface area contributed by atoms with Crippen molar-refractivity contribution in [2.24, 2.45) is 0 Å². The van der Waals surface area contributed by atoms with E-state index >= 15 is 0 Å². The normalized spacial score (nSPS) is 10.4. The lowest BCUT2D eigenvalue weighted by Crippen LogP contribution is -2.30. The zero-order valence-electron chi connectivity index (χ0n) is 14.6. The van der Waals surface area contributed by atoms with Gasteiger partial charge in [-0.25, -0.2) is 4.79 Å². The summed E-state index contributed by atoms with van der Waals surface area (Å²) in [6.45, 7) is -2.95. The Bertz CT molecular complexity index is 748. The van der Waals surface area contributed by atoms with Gasteiger partial charge in [0.1, 0.15) is 11.5 Å². The summed E-state index contributed by atoms with van der Waals surface area (Å²) < 4.78 is 38.3. The number of esters is 1. The van der Waals surface area contributed by atoms with Gasteiger partial charge in [-0.1, -0.05) is 12.1 Å². The van der Waals surface area contributed by atoms with Gasteiger partial charge in [0.05, 0.1) is 12.7 Å². The average Bonchev–Trinajstić information content (AvgIpc) is 2.67. The van der Waals surface area contributed by atoms with E-state index in [1.807, 2.05) is 0 Å². The van der Waals surface area contributed by atoms with Crippen molar-refractivity contribution in [1.82, 2.24) is 5.32 Å². The Morgan fingerprint density at radius 3 is 2.22 bits per heavy atom. The van der Waals surface area contributed by atoms with Gasteiger partial charge < -0.3 is 19.5 Å². The minimum atomic E-state index is -2.87. The van der Waals surface area contributed by atoms with Gasteiger partial charge in [-0.05, 0) is 48.4 Å². The molecule has 2 aromatic carbocycles.